The first-order valence-corrected chi connectivity index (χ1v) is 6.02. The van der Waals surface area contributed by atoms with Gasteiger partial charge in [0, 0.05) is 23.6 Å². The molecule has 0 fully saturated rings. The average Bonchev–Trinajstić information content (AvgIpc) is 2.22. The predicted octanol–water partition coefficient (Wildman–Crippen LogP) is 1.71. The quantitative estimate of drug-likeness (QED) is 0.156. The standard InChI is InChI=1S/C10H16N4OS/c1-7-6-8(2)13-10(12-7)16-5-3-4-9(11)14-15/h6,15H,3-5H2,1-2H3,(H2,11,14). The third-order valence-corrected chi connectivity index (χ3v) is 2.83. The van der Waals surface area contributed by atoms with Crippen LogP contribution in [0.1, 0.15) is 24.2 Å². The van der Waals surface area contributed by atoms with Crippen molar-refractivity contribution in [2.75, 3.05) is 5.75 Å². The molecular formula is C10H16N4OS. The molecule has 0 amide bonds. The minimum atomic E-state index is 0.266. The lowest BCUT2D eigenvalue weighted by molar-refractivity contribution is 0.317. The summed E-state index contributed by atoms with van der Waals surface area (Å²) >= 11 is 1.59. The number of nitrogens with zero attached hydrogens (tertiary/aromatic N) is 3. The summed E-state index contributed by atoms with van der Waals surface area (Å²) in [5, 5.41) is 12.1. The number of oxime groups is 1. The molecule has 0 spiro atoms. The van der Waals surface area contributed by atoms with Crippen LogP contribution >= 0.6 is 11.8 Å². The summed E-state index contributed by atoms with van der Waals surface area (Å²) in [7, 11) is 0. The molecule has 0 saturated heterocycles. The molecule has 0 aliphatic heterocycles. The van der Waals surface area contributed by atoms with Gasteiger partial charge in [0.1, 0.15) is 5.84 Å². The van der Waals surface area contributed by atoms with E-state index in [1.165, 1.54) is 0 Å². The van der Waals surface area contributed by atoms with Gasteiger partial charge in [0.15, 0.2) is 5.16 Å². The topological polar surface area (TPSA) is 84.4 Å². The second-order valence-electron chi connectivity index (χ2n) is 3.48. The van der Waals surface area contributed by atoms with Gasteiger partial charge in [-0.15, -0.1) is 0 Å². The average molecular weight is 240 g/mol. The molecule has 0 aliphatic carbocycles. The van der Waals surface area contributed by atoms with E-state index in [-0.39, 0.29) is 5.84 Å². The fourth-order valence-electron chi connectivity index (χ4n) is 1.22. The van der Waals surface area contributed by atoms with E-state index >= 15 is 0 Å². The molecule has 0 aliphatic rings. The maximum absolute atomic E-state index is 8.36. The number of rotatable bonds is 5. The molecule has 1 aromatic heterocycles. The Kier molecular flexibility index (Phi) is 5.04. The summed E-state index contributed by atoms with van der Waals surface area (Å²) in [6.45, 7) is 3.91. The number of aryl methyl sites for hydroxylation is 2. The summed E-state index contributed by atoms with van der Waals surface area (Å²) in [5.74, 6) is 1.13. The summed E-state index contributed by atoms with van der Waals surface area (Å²) < 4.78 is 0. The highest BCUT2D eigenvalue weighted by atomic mass is 32.2. The zero-order valence-corrected chi connectivity index (χ0v) is 10.3. The van der Waals surface area contributed by atoms with Crippen LogP contribution in [0.2, 0.25) is 0 Å². The van der Waals surface area contributed by atoms with Gasteiger partial charge >= 0.3 is 0 Å². The Morgan fingerprint density at radius 2 is 2.06 bits per heavy atom. The summed E-state index contributed by atoms with van der Waals surface area (Å²) in [6, 6.07) is 1.94. The van der Waals surface area contributed by atoms with E-state index in [1.54, 1.807) is 11.8 Å². The Labute approximate surface area is 99.2 Å². The van der Waals surface area contributed by atoms with Crippen molar-refractivity contribution in [3.8, 4) is 0 Å². The number of amidine groups is 1. The molecule has 5 nitrogen and oxygen atoms in total. The van der Waals surface area contributed by atoms with Crippen LogP contribution in [0.5, 0.6) is 0 Å². The first-order chi connectivity index (χ1) is 7.61. The molecule has 1 aromatic rings. The van der Waals surface area contributed by atoms with Gasteiger partial charge in [-0.1, -0.05) is 16.9 Å². The third-order valence-electron chi connectivity index (χ3n) is 1.90. The molecule has 0 aromatic carbocycles. The lowest BCUT2D eigenvalue weighted by Crippen LogP contribution is -2.11. The molecule has 1 heterocycles. The number of hydrogen-bond acceptors (Lipinski definition) is 5. The van der Waals surface area contributed by atoms with Gasteiger partial charge in [-0.3, -0.25) is 0 Å². The van der Waals surface area contributed by atoms with Crippen molar-refractivity contribution in [1.82, 2.24) is 9.97 Å². The minimum absolute atomic E-state index is 0.266. The van der Waals surface area contributed by atoms with Crippen molar-refractivity contribution in [2.45, 2.75) is 31.8 Å². The largest absolute Gasteiger partial charge is 0.409 e. The van der Waals surface area contributed by atoms with Gasteiger partial charge in [0.25, 0.3) is 0 Å². The van der Waals surface area contributed by atoms with Gasteiger partial charge in [-0.25, -0.2) is 9.97 Å². The van der Waals surface area contributed by atoms with E-state index in [9.17, 15) is 0 Å². The van der Waals surface area contributed by atoms with Crippen LogP contribution in [0, 0.1) is 13.8 Å². The first kappa shape index (κ1) is 12.8. The van der Waals surface area contributed by atoms with Crippen LogP contribution in [0.25, 0.3) is 0 Å². The molecule has 3 N–H and O–H groups in total. The van der Waals surface area contributed by atoms with Crippen molar-refractivity contribution in [1.29, 1.82) is 0 Å². The summed E-state index contributed by atoms with van der Waals surface area (Å²) in [4.78, 5) is 8.62. The monoisotopic (exact) mass is 240 g/mol. The van der Waals surface area contributed by atoms with Gasteiger partial charge in [-0.05, 0) is 26.3 Å². The van der Waals surface area contributed by atoms with E-state index in [4.69, 9.17) is 10.9 Å². The van der Waals surface area contributed by atoms with Crippen LogP contribution < -0.4 is 5.73 Å². The number of thioether (sulfide) groups is 1. The van der Waals surface area contributed by atoms with Gasteiger partial charge in [0.05, 0.1) is 0 Å². The summed E-state index contributed by atoms with van der Waals surface area (Å²) in [5.41, 5.74) is 7.32. The highest BCUT2D eigenvalue weighted by Crippen LogP contribution is 2.15. The van der Waals surface area contributed by atoms with Gasteiger partial charge in [0.2, 0.25) is 0 Å². The number of aromatic nitrogens is 2. The molecular weight excluding hydrogens is 224 g/mol. The Hall–Kier alpha value is -1.30. The van der Waals surface area contributed by atoms with Crippen LogP contribution in [0.3, 0.4) is 0 Å². The second kappa shape index (κ2) is 6.32. The number of nitrogens with two attached hydrogens (primary N) is 1. The maximum Gasteiger partial charge on any atom is 0.187 e. The number of hydrogen-bond donors (Lipinski definition) is 2. The van der Waals surface area contributed by atoms with E-state index in [1.807, 2.05) is 19.9 Å². The Balaban J connectivity index is 2.37. The van der Waals surface area contributed by atoms with Crippen molar-refractivity contribution in [3.05, 3.63) is 17.5 Å². The van der Waals surface area contributed by atoms with E-state index in [0.717, 1.165) is 28.7 Å². The zero-order valence-electron chi connectivity index (χ0n) is 9.47. The molecule has 0 radical (unpaired) electrons. The molecule has 0 unspecified atom stereocenters. The maximum atomic E-state index is 8.36. The van der Waals surface area contributed by atoms with Crippen molar-refractivity contribution in [3.63, 3.8) is 0 Å². The zero-order chi connectivity index (χ0) is 12.0. The molecule has 1 rings (SSSR count). The van der Waals surface area contributed by atoms with Gasteiger partial charge < -0.3 is 10.9 Å². The normalized spacial score (nSPS) is 11.8. The van der Waals surface area contributed by atoms with Crippen molar-refractivity contribution < 1.29 is 5.21 Å². The van der Waals surface area contributed by atoms with Crippen molar-refractivity contribution >= 4 is 17.6 Å². The van der Waals surface area contributed by atoms with E-state index in [2.05, 4.69) is 15.1 Å². The smallest absolute Gasteiger partial charge is 0.187 e. The highest BCUT2D eigenvalue weighted by Gasteiger charge is 2.01. The molecule has 0 bridgehead atoms. The lowest BCUT2D eigenvalue weighted by atomic mass is 10.3. The highest BCUT2D eigenvalue weighted by molar-refractivity contribution is 7.99. The van der Waals surface area contributed by atoms with E-state index in [0.29, 0.717) is 6.42 Å². The third kappa shape index (κ3) is 4.48. The van der Waals surface area contributed by atoms with Crippen LogP contribution in [-0.4, -0.2) is 26.8 Å². The second-order valence-corrected chi connectivity index (χ2v) is 4.54. The summed E-state index contributed by atoms with van der Waals surface area (Å²) in [6.07, 6.45) is 1.44. The Morgan fingerprint density at radius 1 is 1.44 bits per heavy atom. The Bertz CT molecular complexity index is 361. The molecule has 16 heavy (non-hydrogen) atoms. The first-order valence-electron chi connectivity index (χ1n) is 5.03. The molecule has 0 atom stereocenters. The lowest BCUT2D eigenvalue weighted by Gasteiger charge is -2.02. The molecule has 6 heteroatoms. The van der Waals surface area contributed by atoms with E-state index < -0.39 is 0 Å². The van der Waals surface area contributed by atoms with Gasteiger partial charge in [-0.2, -0.15) is 0 Å². The molecule has 0 saturated carbocycles. The van der Waals surface area contributed by atoms with Crippen molar-refractivity contribution in [2.24, 2.45) is 10.9 Å². The van der Waals surface area contributed by atoms with Crippen LogP contribution in [0.15, 0.2) is 16.4 Å². The molecule has 88 valence electrons. The SMILES string of the molecule is Cc1cc(C)nc(SCCCC(N)=NO)n1. The van der Waals surface area contributed by atoms with Crippen LogP contribution in [-0.2, 0) is 0 Å². The minimum Gasteiger partial charge on any atom is -0.409 e. The van der Waals surface area contributed by atoms with Crippen LogP contribution in [0.4, 0.5) is 0 Å². The predicted molar refractivity (Wildman–Crippen MR) is 64.9 cm³/mol. The fourth-order valence-corrected chi connectivity index (χ4v) is 2.11. The fraction of sp³-hybridized carbons (Fsp3) is 0.500. The Morgan fingerprint density at radius 3 is 2.62 bits per heavy atom.